The van der Waals surface area contributed by atoms with Crippen LogP contribution in [0.4, 0.5) is 4.39 Å². The van der Waals surface area contributed by atoms with Crippen LogP contribution in [-0.2, 0) is 14.8 Å². The average Bonchev–Trinajstić information content (AvgIpc) is 2.59. The van der Waals surface area contributed by atoms with E-state index >= 15 is 0 Å². The van der Waals surface area contributed by atoms with E-state index in [9.17, 15) is 12.8 Å². The number of morpholine rings is 1. The van der Waals surface area contributed by atoms with Crippen LogP contribution < -0.4 is 4.72 Å². The predicted octanol–water partition coefficient (Wildman–Crippen LogP) is 3.00. The molecule has 0 saturated carbocycles. The van der Waals surface area contributed by atoms with Gasteiger partial charge in [-0.2, -0.15) is 0 Å². The molecule has 0 spiro atoms. The lowest BCUT2D eigenvalue weighted by molar-refractivity contribution is 0.00297. The van der Waals surface area contributed by atoms with E-state index < -0.39 is 15.8 Å². The summed E-state index contributed by atoms with van der Waals surface area (Å²) in [7, 11) is -3.71. The Morgan fingerprint density at radius 3 is 2.48 bits per heavy atom. The highest BCUT2D eigenvalue weighted by molar-refractivity contribution is 9.10. The van der Waals surface area contributed by atoms with E-state index in [1.54, 1.807) is 0 Å². The number of rotatable bonds is 8. The molecule has 1 aliphatic rings. The highest BCUT2D eigenvalue weighted by Crippen LogP contribution is 2.24. The van der Waals surface area contributed by atoms with Crippen LogP contribution in [0, 0.1) is 11.7 Å². The van der Waals surface area contributed by atoms with Gasteiger partial charge in [0.2, 0.25) is 10.0 Å². The molecule has 0 radical (unpaired) electrons. The summed E-state index contributed by atoms with van der Waals surface area (Å²) in [6.07, 6.45) is 1.97. The molecule has 25 heavy (non-hydrogen) atoms. The Labute approximate surface area is 158 Å². The maximum absolute atomic E-state index is 13.2. The smallest absolute Gasteiger partial charge is 0.241 e. The lowest BCUT2D eigenvalue weighted by atomic mass is 9.92. The summed E-state index contributed by atoms with van der Waals surface area (Å²) in [4.78, 5) is 2.36. The summed E-state index contributed by atoms with van der Waals surface area (Å²) >= 11 is 3.14. The standard InChI is InChI=1S/C17H26BrFN2O3S/c1-3-13(4-2)16(21-7-9-24-10-8-21)12-20-25(22,23)17-6-5-14(19)11-15(17)18/h5-6,11,13,16,20H,3-4,7-10,12H2,1-2H3. The van der Waals surface area contributed by atoms with E-state index in [0.29, 0.717) is 25.7 Å². The van der Waals surface area contributed by atoms with Gasteiger partial charge < -0.3 is 4.74 Å². The number of nitrogens with one attached hydrogen (secondary N) is 1. The zero-order valence-corrected chi connectivity index (χ0v) is 17.1. The van der Waals surface area contributed by atoms with Crippen molar-refractivity contribution in [1.82, 2.24) is 9.62 Å². The number of halogens is 2. The SMILES string of the molecule is CCC(CC)C(CNS(=O)(=O)c1ccc(F)cc1Br)N1CCOCC1. The van der Waals surface area contributed by atoms with E-state index in [1.807, 2.05) is 0 Å². The zero-order chi connectivity index (χ0) is 18.4. The van der Waals surface area contributed by atoms with Crippen molar-refractivity contribution in [3.8, 4) is 0 Å². The molecule has 1 unspecified atom stereocenters. The van der Waals surface area contributed by atoms with Crippen LogP contribution in [0.2, 0.25) is 0 Å². The van der Waals surface area contributed by atoms with E-state index in [1.165, 1.54) is 6.07 Å². The molecule has 142 valence electrons. The van der Waals surface area contributed by atoms with Crippen LogP contribution in [0.1, 0.15) is 26.7 Å². The van der Waals surface area contributed by atoms with Gasteiger partial charge in [0.05, 0.1) is 18.1 Å². The Bertz CT molecular complexity index is 662. The Balaban J connectivity index is 2.15. The summed E-state index contributed by atoms with van der Waals surface area (Å²) in [6.45, 7) is 7.56. The molecule has 5 nitrogen and oxygen atoms in total. The number of ether oxygens (including phenoxy) is 1. The second-order valence-electron chi connectivity index (χ2n) is 6.22. The molecule has 1 heterocycles. The summed E-state index contributed by atoms with van der Waals surface area (Å²) in [6, 6.07) is 3.71. The average molecular weight is 437 g/mol. The van der Waals surface area contributed by atoms with Crippen molar-refractivity contribution in [3.63, 3.8) is 0 Å². The lowest BCUT2D eigenvalue weighted by Gasteiger charge is -2.38. The fraction of sp³-hybridized carbons (Fsp3) is 0.647. The third kappa shape index (κ3) is 5.47. The van der Waals surface area contributed by atoms with Crippen molar-refractivity contribution in [1.29, 1.82) is 0 Å². The molecule has 1 fully saturated rings. The lowest BCUT2D eigenvalue weighted by Crippen LogP contribution is -2.52. The Morgan fingerprint density at radius 2 is 1.92 bits per heavy atom. The van der Waals surface area contributed by atoms with Crippen molar-refractivity contribution < 1.29 is 17.5 Å². The van der Waals surface area contributed by atoms with Gasteiger partial charge >= 0.3 is 0 Å². The van der Waals surface area contributed by atoms with Gasteiger partial charge in [-0.3, -0.25) is 4.90 Å². The normalized spacial score (nSPS) is 17.8. The van der Waals surface area contributed by atoms with E-state index in [0.717, 1.165) is 38.1 Å². The highest BCUT2D eigenvalue weighted by Gasteiger charge is 2.29. The largest absolute Gasteiger partial charge is 0.379 e. The number of nitrogens with zero attached hydrogens (tertiary/aromatic N) is 1. The molecule has 2 rings (SSSR count). The molecule has 0 bridgehead atoms. The van der Waals surface area contributed by atoms with Crippen molar-refractivity contribution >= 4 is 26.0 Å². The molecule has 1 N–H and O–H groups in total. The molecule has 1 aromatic rings. The van der Waals surface area contributed by atoms with Gasteiger partial charge in [0.1, 0.15) is 5.82 Å². The van der Waals surface area contributed by atoms with Gasteiger partial charge in [-0.1, -0.05) is 26.7 Å². The highest BCUT2D eigenvalue weighted by atomic mass is 79.9. The van der Waals surface area contributed by atoms with E-state index in [4.69, 9.17) is 4.74 Å². The molecule has 0 amide bonds. The van der Waals surface area contributed by atoms with Gasteiger partial charge in [-0.15, -0.1) is 0 Å². The summed E-state index contributed by atoms with van der Waals surface area (Å²) < 4.78 is 46.9. The minimum absolute atomic E-state index is 0.0548. The molecule has 1 atom stereocenters. The number of sulfonamides is 1. The minimum atomic E-state index is -3.71. The second kappa shape index (κ2) is 9.41. The second-order valence-corrected chi connectivity index (χ2v) is 8.81. The predicted molar refractivity (Wildman–Crippen MR) is 99.5 cm³/mol. The van der Waals surface area contributed by atoms with Crippen molar-refractivity contribution in [2.45, 2.75) is 37.6 Å². The van der Waals surface area contributed by atoms with Gasteiger partial charge in [-0.05, 0) is 40.0 Å². The monoisotopic (exact) mass is 436 g/mol. The Morgan fingerprint density at radius 1 is 1.28 bits per heavy atom. The molecule has 0 aromatic heterocycles. The molecule has 8 heteroatoms. The van der Waals surface area contributed by atoms with Crippen LogP contribution >= 0.6 is 15.9 Å². The first kappa shape index (κ1) is 20.8. The molecule has 1 aliphatic heterocycles. The number of hydrogen-bond acceptors (Lipinski definition) is 4. The Hall–Kier alpha value is -0.540. The number of benzene rings is 1. The molecule has 1 aromatic carbocycles. The summed E-state index contributed by atoms with van der Waals surface area (Å²) in [5, 5.41) is 0. The first-order valence-corrected chi connectivity index (χ1v) is 10.9. The third-order valence-electron chi connectivity index (χ3n) is 4.77. The van der Waals surface area contributed by atoms with Crippen LogP contribution in [0.3, 0.4) is 0 Å². The minimum Gasteiger partial charge on any atom is -0.379 e. The van der Waals surface area contributed by atoms with Gasteiger partial charge in [0.15, 0.2) is 0 Å². The fourth-order valence-electron chi connectivity index (χ4n) is 3.30. The first-order chi connectivity index (χ1) is 11.9. The zero-order valence-electron chi connectivity index (χ0n) is 14.7. The molecule has 0 aliphatic carbocycles. The quantitative estimate of drug-likeness (QED) is 0.680. The molecular weight excluding hydrogens is 411 g/mol. The van der Waals surface area contributed by atoms with Crippen LogP contribution in [0.25, 0.3) is 0 Å². The Kier molecular flexibility index (Phi) is 7.82. The summed E-state index contributed by atoms with van der Waals surface area (Å²) in [5.41, 5.74) is 0. The van der Waals surface area contributed by atoms with Crippen molar-refractivity contribution in [2.24, 2.45) is 5.92 Å². The maximum Gasteiger partial charge on any atom is 0.241 e. The van der Waals surface area contributed by atoms with Crippen molar-refractivity contribution in [2.75, 3.05) is 32.8 Å². The van der Waals surface area contributed by atoms with Crippen molar-refractivity contribution in [3.05, 3.63) is 28.5 Å². The van der Waals surface area contributed by atoms with Crippen LogP contribution in [0.5, 0.6) is 0 Å². The van der Waals surface area contributed by atoms with E-state index in [2.05, 4.69) is 39.4 Å². The van der Waals surface area contributed by atoms with Gasteiger partial charge in [-0.25, -0.2) is 17.5 Å². The van der Waals surface area contributed by atoms with Crippen LogP contribution in [-0.4, -0.2) is 52.2 Å². The number of hydrogen-bond donors (Lipinski definition) is 1. The molecule has 1 saturated heterocycles. The third-order valence-corrected chi connectivity index (χ3v) is 7.17. The van der Waals surface area contributed by atoms with E-state index in [-0.39, 0.29) is 15.4 Å². The van der Waals surface area contributed by atoms with Gasteiger partial charge in [0, 0.05) is 30.1 Å². The molecular formula is C17H26BrFN2O3S. The topological polar surface area (TPSA) is 58.6 Å². The first-order valence-electron chi connectivity index (χ1n) is 8.65. The van der Waals surface area contributed by atoms with Gasteiger partial charge in [0.25, 0.3) is 0 Å². The maximum atomic E-state index is 13.2. The van der Waals surface area contributed by atoms with Crippen LogP contribution in [0.15, 0.2) is 27.6 Å². The fourth-order valence-corrected chi connectivity index (χ4v) is 5.40. The summed E-state index contributed by atoms with van der Waals surface area (Å²) in [5.74, 6) is -0.0773.